The molecule has 1 amide bonds. The van der Waals surface area contributed by atoms with Crippen molar-refractivity contribution >= 4 is 16.8 Å². The lowest BCUT2D eigenvalue weighted by Crippen LogP contribution is -2.45. The minimum absolute atomic E-state index is 0.0705. The third-order valence-electron chi connectivity index (χ3n) is 4.87. The van der Waals surface area contributed by atoms with Gasteiger partial charge in [0.05, 0.1) is 16.8 Å². The Bertz CT molecular complexity index is 777. The van der Waals surface area contributed by atoms with Crippen molar-refractivity contribution < 1.29 is 9.18 Å². The van der Waals surface area contributed by atoms with E-state index in [4.69, 9.17) is 0 Å². The maximum atomic E-state index is 13.3. The summed E-state index contributed by atoms with van der Waals surface area (Å²) in [4.78, 5) is 19.5. The standard InChI is InChI=1S/C20H26FN3O/c1-13-5-4-8-24(11-13)12-14(2)22-20(25)18-9-16-6-7-17(21)10-19(16)23-15(18)3/h6-7,9-10,13-14H,4-5,8,11-12H2,1-3H3,(H,22,25)/t13-,14+/m0/s1. The number of nitrogens with zero attached hydrogens (tertiary/aromatic N) is 2. The second-order valence-electron chi connectivity index (χ2n) is 7.34. The van der Waals surface area contributed by atoms with Crippen LogP contribution >= 0.6 is 0 Å². The monoisotopic (exact) mass is 343 g/mol. The summed E-state index contributed by atoms with van der Waals surface area (Å²) in [5, 5.41) is 3.85. The fourth-order valence-corrected chi connectivity index (χ4v) is 3.65. The molecule has 2 aromatic rings. The Morgan fingerprint density at radius 2 is 2.24 bits per heavy atom. The molecule has 2 heterocycles. The lowest BCUT2D eigenvalue weighted by atomic mass is 10.00. The first kappa shape index (κ1) is 17.8. The molecule has 1 aliphatic heterocycles. The number of aromatic nitrogens is 1. The third-order valence-corrected chi connectivity index (χ3v) is 4.87. The highest BCUT2D eigenvalue weighted by atomic mass is 19.1. The molecular weight excluding hydrogens is 317 g/mol. The van der Waals surface area contributed by atoms with E-state index in [1.807, 2.05) is 6.92 Å². The van der Waals surface area contributed by atoms with Gasteiger partial charge in [-0.1, -0.05) is 6.92 Å². The molecule has 0 unspecified atom stereocenters. The number of nitrogens with one attached hydrogen (secondary N) is 1. The Morgan fingerprint density at radius 3 is 3.00 bits per heavy atom. The Kier molecular flexibility index (Phi) is 5.33. The fourth-order valence-electron chi connectivity index (χ4n) is 3.65. The average molecular weight is 343 g/mol. The Balaban J connectivity index is 1.69. The molecule has 1 N–H and O–H groups in total. The van der Waals surface area contributed by atoms with Gasteiger partial charge in [0.15, 0.2) is 0 Å². The summed E-state index contributed by atoms with van der Waals surface area (Å²) in [5.41, 5.74) is 1.75. The van der Waals surface area contributed by atoms with Crippen molar-refractivity contribution in [1.29, 1.82) is 0 Å². The predicted molar refractivity (Wildman–Crippen MR) is 98.2 cm³/mol. The number of amides is 1. The molecule has 0 saturated carbocycles. The van der Waals surface area contributed by atoms with Gasteiger partial charge in [0.2, 0.25) is 0 Å². The largest absolute Gasteiger partial charge is 0.348 e. The van der Waals surface area contributed by atoms with Crippen molar-refractivity contribution in [3.05, 3.63) is 41.3 Å². The van der Waals surface area contributed by atoms with E-state index in [-0.39, 0.29) is 17.8 Å². The molecular formula is C20H26FN3O. The lowest BCUT2D eigenvalue weighted by molar-refractivity contribution is 0.0919. The van der Waals surface area contributed by atoms with Crippen LogP contribution in [0.15, 0.2) is 24.3 Å². The molecule has 0 radical (unpaired) electrons. The van der Waals surface area contributed by atoms with Crippen LogP contribution in [0, 0.1) is 18.7 Å². The van der Waals surface area contributed by atoms with E-state index in [1.165, 1.54) is 25.0 Å². The van der Waals surface area contributed by atoms with E-state index in [9.17, 15) is 9.18 Å². The smallest absolute Gasteiger partial charge is 0.253 e. The SMILES string of the molecule is Cc1nc2cc(F)ccc2cc1C(=O)N[C@H](C)CN1CCC[C@H](C)C1. The minimum atomic E-state index is -0.319. The van der Waals surface area contributed by atoms with E-state index in [2.05, 4.69) is 22.1 Å². The first-order valence-corrected chi connectivity index (χ1v) is 9.02. The van der Waals surface area contributed by atoms with Gasteiger partial charge in [-0.2, -0.15) is 0 Å². The van der Waals surface area contributed by atoms with Crippen molar-refractivity contribution in [3.8, 4) is 0 Å². The first-order valence-electron chi connectivity index (χ1n) is 9.02. The van der Waals surface area contributed by atoms with Crippen LogP contribution in [0.5, 0.6) is 0 Å². The number of carbonyl (C=O) groups is 1. The second-order valence-corrected chi connectivity index (χ2v) is 7.34. The van der Waals surface area contributed by atoms with Gasteiger partial charge in [-0.3, -0.25) is 9.78 Å². The summed E-state index contributed by atoms with van der Waals surface area (Å²) in [6.07, 6.45) is 2.52. The summed E-state index contributed by atoms with van der Waals surface area (Å²) in [5.74, 6) is 0.291. The van der Waals surface area contributed by atoms with E-state index < -0.39 is 0 Å². The Labute approximate surface area is 148 Å². The number of hydrogen-bond acceptors (Lipinski definition) is 3. The Hall–Kier alpha value is -2.01. The molecule has 1 aromatic carbocycles. The van der Waals surface area contributed by atoms with Crippen molar-refractivity contribution in [2.24, 2.45) is 5.92 Å². The molecule has 25 heavy (non-hydrogen) atoms. The number of likely N-dealkylation sites (tertiary alicyclic amines) is 1. The van der Waals surface area contributed by atoms with E-state index in [1.54, 1.807) is 19.1 Å². The highest BCUT2D eigenvalue weighted by Gasteiger charge is 2.20. The first-order chi connectivity index (χ1) is 11.9. The predicted octanol–water partition coefficient (Wildman–Crippen LogP) is 3.53. The van der Waals surface area contributed by atoms with Crippen LogP contribution in [0.25, 0.3) is 10.9 Å². The summed E-state index contributed by atoms with van der Waals surface area (Å²) in [6, 6.07) is 6.31. The molecule has 134 valence electrons. The van der Waals surface area contributed by atoms with E-state index >= 15 is 0 Å². The molecule has 0 bridgehead atoms. The normalized spacial score (nSPS) is 19.8. The maximum absolute atomic E-state index is 13.3. The summed E-state index contributed by atoms with van der Waals surface area (Å²) in [7, 11) is 0. The van der Waals surface area contributed by atoms with E-state index in [0.717, 1.165) is 30.9 Å². The van der Waals surface area contributed by atoms with Crippen LogP contribution in [-0.2, 0) is 0 Å². The van der Waals surface area contributed by atoms with Gasteiger partial charge in [-0.15, -0.1) is 0 Å². The zero-order valence-corrected chi connectivity index (χ0v) is 15.2. The molecule has 1 saturated heterocycles. The zero-order chi connectivity index (χ0) is 18.0. The van der Waals surface area contributed by atoms with Gasteiger partial charge in [0.1, 0.15) is 5.82 Å². The number of aryl methyl sites for hydroxylation is 1. The number of hydrogen-bond donors (Lipinski definition) is 1. The highest BCUT2D eigenvalue weighted by molar-refractivity contribution is 5.98. The van der Waals surface area contributed by atoms with Gasteiger partial charge in [-0.05, 0) is 57.4 Å². The van der Waals surface area contributed by atoms with E-state index in [0.29, 0.717) is 16.8 Å². The molecule has 5 heteroatoms. The number of piperidine rings is 1. The highest BCUT2D eigenvalue weighted by Crippen LogP contribution is 2.18. The number of halogens is 1. The lowest BCUT2D eigenvalue weighted by Gasteiger charge is -2.32. The topological polar surface area (TPSA) is 45.2 Å². The molecule has 1 aliphatic rings. The summed E-state index contributed by atoms with van der Waals surface area (Å²) < 4.78 is 13.3. The number of rotatable bonds is 4. The van der Waals surface area contributed by atoms with Crippen LogP contribution in [0.3, 0.4) is 0 Å². The molecule has 3 rings (SSSR count). The summed E-state index contributed by atoms with van der Waals surface area (Å²) in [6.45, 7) is 9.17. The van der Waals surface area contributed by atoms with Gasteiger partial charge >= 0.3 is 0 Å². The third kappa shape index (κ3) is 4.34. The number of pyridine rings is 1. The minimum Gasteiger partial charge on any atom is -0.348 e. The number of fused-ring (bicyclic) bond motifs is 1. The summed E-state index contributed by atoms with van der Waals surface area (Å²) >= 11 is 0. The molecule has 2 atom stereocenters. The fraction of sp³-hybridized carbons (Fsp3) is 0.500. The van der Waals surface area contributed by atoms with Crippen LogP contribution in [0.4, 0.5) is 4.39 Å². The van der Waals surface area contributed by atoms with Gasteiger partial charge in [0.25, 0.3) is 5.91 Å². The van der Waals surface area contributed by atoms with Gasteiger partial charge < -0.3 is 10.2 Å². The van der Waals surface area contributed by atoms with Crippen molar-refractivity contribution in [2.45, 2.75) is 39.7 Å². The molecule has 0 aliphatic carbocycles. The van der Waals surface area contributed by atoms with Crippen molar-refractivity contribution in [3.63, 3.8) is 0 Å². The van der Waals surface area contributed by atoms with Crippen LogP contribution in [-0.4, -0.2) is 41.5 Å². The van der Waals surface area contributed by atoms with Gasteiger partial charge in [-0.25, -0.2) is 4.39 Å². The molecule has 4 nitrogen and oxygen atoms in total. The molecule has 1 aromatic heterocycles. The van der Waals surface area contributed by atoms with Crippen LogP contribution < -0.4 is 5.32 Å². The second kappa shape index (κ2) is 7.48. The zero-order valence-electron chi connectivity index (χ0n) is 15.2. The quantitative estimate of drug-likeness (QED) is 0.924. The molecule has 0 spiro atoms. The number of carbonyl (C=O) groups excluding carboxylic acids is 1. The van der Waals surface area contributed by atoms with Crippen LogP contribution in [0.2, 0.25) is 0 Å². The number of benzene rings is 1. The molecule has 1 fully saturated rings. The van der Waals surface area contributed by atoms with Crippen LogP contribution in [0.1, 0.15) is 42.7 Å². The van der Waals surface area contributed by atoms with Gasteiger partial charge in [0, 0.05) is 30.6 Å². The van der Waals surface area contributed by atoms with Crippen molar-refractivity contribution in [1.82, 2.24) is 15.2 Å². The van der Waals surface area contributed by atoms with Crippen molar-refractivity contribution in [2.75, 3.05) is 19.6 Å². The average Bonchev–Trinajstić information content (AvgIpc) is 2.53. The maximum Gasteiger partial charge on any atom is 0.253 e. The Morgan fingerprint density at radius 1 is 1.44 bits per heavy atom.